The lowest BCUT2D eigenvalue weighted by atomic mass is 9.44. The Morgan fingerprint density at radius 2 is 1.96 bits per heavy atom. The molecule has 8 atom stereocenters. The van der Waals surface area contributed by atoms with Crippen molar-refractivity contribution in [3.63, 3.8) is 0 Å². The summed E-state index contributed by atoms with van der Waals surface area (Å²) in [6.45, 7) is 3.27. The fourth-order valence-electron chi connectivity index (χ4n) is 8.54. The summed E-state index contributed by atoms with van der Waals surface area (Å²) in [6, 6.07) is 0. The van der Waals surface area contributed by atoms with Gasteiger partial charge in [0.15, 0.2) is 0 Å². The Morgan fingerprint density at radius 1 is 1.11 bits per heavy atom. The molecule has 0 aromatic heterocycles. The van der Waals surface area contributed by atoms with E-state index in [0.717, 1.165) is 19.3 Å². The van der Waals surface area contributed by atoms with Gasteiger partial charge < -0.3 is 14.9 Å². The Kier molecular flexibility index (Phi) is 4.25. The summed E-state index contributed by atoms with van der Waals surface area (Å²) in [6.07, 6.45) is 11.6. The zero-order chi connectivity index (χ0) is 18.8. The molecular weight excluding hydrogens is 340 g/mol. The van der Waals surface area contributed by atoms with Crippen LogP contribution < -0.4 is 0 Å². The van der Waals surface area contributed by atoms with Gasteiger partial charge in [-0.15, -0.1) is 0 Å². The van der Waals surface area contributed by atoms with Gasteiger partial charge in [-0.3, -0.25) is 0 Å². The van der Waals surface area contributed by atoms with Crippen LogP contribution in [0.15, 0.2) is 11.6 Å². The zero-order valence-corrected chi connectivity index (χ0v) is 16.5. The quantitative estimate of drug-likeness (QED) is 0.727. The molecule has 4 heteroatoms. The van der Waals surface area contributed by atoms with Crippen molar-refractivity contribution >= 4 is 5.97 Å². The van der Waals surface area contributed by atoms with Gasteiger partial charge in [0, 0.05) is 12.7 Å². The molecule has 0 aromatic rings. The molecule has 5 aliphatic rings. The van der Waals surface area contributed by atoms with Gasteiger partial charge in [0.25, 0.3) is 0 Å². The second-order valence-corrected chi connectivity index (χ2v) is 10.5. The first kappa shape index (κ1) is 18.2. The van der Waals surface area contributed by atoms with E-state index in [1.165, 1.54) is 44.1 Å². The second-order valence-electron chi connectivity index (χ2n) is 10.5. The number of aliphatic hydroxyl groups is 2. The number of ether oxygens (including phenoxy) is 1. The molecule has 0 aromatic carbocycles. The maximum atomic E-state index is 11.6. The van der Waals surface area contributed by atoms with Crippen LogP contribution in [-0.2, 0) is 9.53 Å². The predicted molar refractivity (Wildman–Crippen MR) is 102 cm³/mol. The van der Waals surface area contributed by atoms with Crippen LogP contribution in [0.4, 0.5) is 0 Å². The smallest absolute Gasteiger partial charge is 0.331 e. The van der Waals surface area contributed by atoms with E-state index in [-0.39, 0.29) is 22.9 Å². The lowest BCUT2D eigenvalue weighted by molar-refractivity contribution is -0.152. The summed E-state index contributed by atoms with van der Waals surface area (Å²) in [4.78, 5) is 11.6. The van der Waals surface area contributed by atoms with Gasteiger partial charge in [-0.1, -0.05) is 6.92 Å². The highest BCUT2D eigenvalue weighted by molar-refractivity contribution is 5.85. The number of rotatable bonds is 2. The molecule has 2 N–H and O–H groups in total. The van der Waals surface area contributed by atoms with Gasteiger partial charge in [0.1, 0.15) is 6.61 Å². The minimum Gasteiger partial charge on any atom is -0.458 e. The monoisotopic (exact) mass is 374 g/mol. The SMILES string of the molecule is C[C@]12CC[C@@H]3[C@@H](CC[C@H]4C[C@@H](O)CC[C@@]43CO)[C@@H]1CC[C@@H]2C1=CC(=O)OC1. The summed E-state index contributed by atoms with van der Waals surface area (Å²) in [5.41, 5.74) is 1.56. The molecule has 4 saturated carbocycles. The second kappa shape index (κ2) is 6.32. The van der Waals surface area contributed by atoms with Crippen molar-refractivity contribution in [3.05, 3.63) is 11.6 Å². The summed E-state index contributed by atoms with van der Waals surface area (Å²) in [5.74, 6) is 2.84. The molecule has 0 amide bonds. The zero-order valence-electron chi connectivity index (χ0n) is 16.5. The van der Waals surface area contributed by atoms with Gasteiger partial charge in [0.2, 0.25) is 0 Å². The highest BCUT2D eigenvalue weighted by Crippen LogP contribution is 2.68. The minimum atomic E-state index is -0.164. The first-order valence-corrected chi connectivity index (χ1v) is 11.1. The number of cyclic esters (lactones) is 1. The molecule has 0 unspecified atom stereocenters. The van der Waals surface area contributed by atoms with E-state index >= 15 is 0 Å². The van der Waals surface area contributed by atoms with E-state index in [4.69, 9.17) is 4.74 Å². The molecule has 0 spiro atoms. The van der Waals surface area contributed by atoms with Crippen molar-refractivity contribution in [3.8, 4) is 0 Å². The molecule has 0 radical (unpaired) electrons. The van der Waals surface area contributed by atoms with Crippen LogP contribution in [0.5, 0.6) is 0 Å². The summed E-state index contributed by atoms with van der Waals surface area (Å²) in [7, 11) is 0. The molecule has 0 bridgehead atoms. The van der Waals surface area contributed by atoms with Crippen LogP contribution in [0.1, 0.15) is 64.7 Å². The van der Waals surface area contributed by atoms with Crippen molar-refractivity contribution < 1.29 is 19.7 Å². The molecule has 27 heavy (non-hydrogen) atoms. The third-order valence-electron chi connectivity index (χ3n) is 9.76. The highest BCUT2D eigenvalue weighted by Gasteiger charge is 2.61. The van der Waals surface area contributed by atoms with Crippen LogP contribution in [0.2, 0.25) is 0 Å². The molecule has 4 nitrogen and oxygen atoms in total. The van der Waals surface area contributed by atoms with Crippen molar-refractivity contribution in [2.24, 2.45) is 40.4 Å². The maximum absolute atomic E-state index is 11.6. The third kappa shape index (κ3) is 2.51. The lowest BCUT2D eigenvalue weighted by Crippen LogP contribution is -2.56. The van der Waals surface area contributed by atoms with Crippen LogP contribution in [0.25, 0.3) is 0 Å². The van der Waals surface area contributed by atoms with Crippen molar-refractivity contribution in [1.82, 2.24) is 0 Å². The molecule has 1 aliphatic heterocycles. The average Bonchev–Trinajstić information content (AvgIpc) is 3.23. The van der Waals surface area contributed by atoms with Crippen LogP contribution in [-0.4, -0.2) is 35.5 Å². The fraction of sp³-hybridized carbons (Fsp3) is 0.870. The number of hydrogen-bond donors (Lipinski definition) is 2. The number of carbonyl (C=O) groups excluding carboxylic acids is 1. The normalized spacial score (nSPS) is 51.8. The number of aliphatic hydroxyl groups excluding tert-OH is 2. The molecule has 1 heterocycles. The fourth-order valence-corrected chi connectivity index (χ4v) is 8.54. The van der Waals surface area contributed by atoms with Crippen LogP contribution in [0.3, 0.4) is 0 Å². The number of carbonyl (C=O) groups is 1. The lowest BCUT2D eigenvalue weighted by Gasteiger charge is -2.61. The van der Waals surface area contributed by atoms with Crippen molar-refractivity contribution in [1.29, 1.82) is 0 Å². The minimum absolute atomic E-state index is 0.0489. The van der Waals surface area contributed by atoms with E-state index in [2.05, 4.69) is 6.92 Å². The number of hydrogen-bond acceptors (Lipinski definition) is 4. The first-order valence-electron chi connectivity index (χ1n) is 11.1. The van der Waals surface area contributed by atoms with E-state index in [0.29, 0.717) is 42.8 Å². The molecule has 4 fully saturated rings. The molecule has 5 rings (SSSR count). The Balaban J connectivity index is 1.43. The summed E-state index contributed by atoms with van der Waals surface area (Å²) in [5, 5.41) is 20.7. The summed E-state index contributed by atoms with van der Waals surface area (Å²) >= 11 is 0. The number of fused-ring (bicyclic) bond motifs is 5. The molecule has 150 valence electrons. The highest BCUT2D eigenvalue weighted by atomic mass is 16.5. The first-order chi connectivity index (χ1) is 13.0. The Labute approximate surface area is 162 Å². The largest absolute Gasteiger partial charge is 0.458 e. The van der Waals surface area contributed by atoms with E-state index in [1.807, 2.05) is 0 Å². The van der Waals surface area contributed by atoms with Gasteiger partial charge in [-0.05, 0) is 104 Å². The molecule has 0 saturated heterocycles. The topological polar surface area (TPSA) is 66.8 Å². The standard InChI is InChI=1S/C23H34O4/c1-22-8-7-20-17(3-2-15-11-16(25)6-9-23(15,20)13-24)19(22)5-4-18(22)14-10-21(26)27-12-14/h10,15-20,24-25H,2-9,11-13H2,1H3/t15-,16-,17-,18+,19-,20+,22+,23+/m0/s1. The Hall–Kier alpha value is -0.870. The molecule has 4 aliphatic carbocycles. The van der Waals surface area contributed by atoms with Crippen molar-refractivity contribution in [2.75, 3.05) is 13.2 Å². The summed E-state index contributed by atoms with van der Waals surface area (Å²) < 4.78 is 5.24. The molecular formula is C23H34O4. The van der Waals surface area contributed by atoms with Gasteiger partial charge in [-0.2, -0.15) is 0 Å². The van der Waals surface area contributed by atoms with Crippen LogP contribution in [0, 0.1) is 40.4 Å². The Morgan fingerprint density at radius 3 is 2.70 bits per heavy atom. The van der Waals surface area contributed by atoms with Gasteiger partial charge in [0.05, 0.1) is 6.10 Å². The van der Waals surface area contributed by atoms with Gasteiger partial charge >= 0.3 is 5.97 Å². The van der Waals surface area contributed by atoms with Crippen molar-refractivity contribution in [2.45, 2.75) is 70.8 Å². The van der Waals surface area contributed by atoms with E-state index in [1.54, 1.807) is 6.08 Å². The average molecular weight is 375 g/mol. The van der Waals surface area contributed by atoms with E-state index in [9.17, 15) is 15.0 Å². The number of esters is 1. The predicted octanol–water partition coefficient (Wildman–Crippen LogP) is 3.46. The Bertz CT molecular complexity index is 657. The van der Waals surface area contributed by atoms with Crippen LogP contribution >= 0.6 is 0 Å². The maximum Gasteiger partial charge on any atom is 0.331 e. The van der Waals surface area contributed by atoms with Gasteiger partial charge in [-0.25, -0.2) is 4.79 Å². The van der Waals surface area contributed by atoms with E-state index < -0.39 is 0 Å². The third-order valence-corrected chi connectivity index (χ3v) is 9.76.